The predicted molar refractivity (Wildman–Crippen MR) is 71.7 cm³/mol. The minimum Gasteiger partial charge on any atom is -0.484 e. The summed E-state index contributed by atoms with van der Waals surface area (Å²) in [5.41, 5.74) is 6.10. The number of benzene rings is 1. The van der Waals surface area contributed by atoms with Gasteiger partial charge in [0.2, 0.25) is 0 Å². The number of nitrogens with two attached hydrogens (primary N) is 1. The molecule has 0 saturated carbocycles. The molecule has 1 aromatic rings. The molecule has 1 saturated heterocycles. The zero-order valence-corrected chi connectivity index (χ0v) is 11.4. The Morgan fingerprint density at radius 3 is 2.57 bits per heavy atom. The average Bonchev–Trinajstić information content (AvgIpc) is 2.44. The summed E-state index contributed by atoms with van der Waals surface area (Å²) in [5.74, 6) is -1.15. The normalized spacial score (nSPS) is 16.8. The molecular weight excluding hydrogens is 285 g/mol. The second-order valence-electron chi connectivity index (χ2n) is 5.06. The number of alkyl halides is 3. The molecule has 1 amide bonds. The van der Waals surface area contributed by atoms with Gasteiger partial charge >= 0.3 is 6.18 Å². The number of ether oxygens (including phenoxy) is 1. The number of halogens is 3. The Morgan fingerprint density at radius 2 is 2.00 bits per heavy atom. The summed E-state index contributed by atoms with van der Waals surface area (Å²) in [6.07, 6.45) is -4.27. The highest BCUT2D eigenvalue weighted by molar-refractivity contribution is 5.77. The second kappa shape index (κ2) is 6.24. The van der Waals surface area contributed by atoms with Crippen LogP contribution in [0.5, 0.6) is 5.75 Å². The molecule has 21 heavy (non-hydrogen) atoms. The van der Waals surface area contributed by atoms with Crippen LogP contribution in [-0.4, -0.2) is 36.7 Å². The molecule has 1 aromatic carbocycles. The monoisotopic (exact) mass is 302 g/mol. The summed E-state index contributed by atoms with van der Waals surface area (Å²) in [5, 5.41) is 0. The molecule has 0 aliphatic carbocycles. The number of hydrogen-bond acceptors (Lipinski definition) is 3. The van der Waals surface area contributed by atoms with Gasteiger partial charge in [0, 0.05) is 24.8 Å². The number of carbonyl (C=O) groups is 1. The smallest absolute Gasteiger partial charge is 0.391 e. The highest BCUT2D eigenvalue weighted by Gasteiger charge is 2.41. The summed E-state index contributed by atoms with van der Waals surface area (Å²) in [6, 6.07) is 6.64. The summed E-state index contributed by atoms with van der Waals surface area (Å²) in [4.78, 5) is 13.3. The zero-order valence-electron chi connectivity index (χ0n) is 11.4. The van der Waals surface area contributed by atoms with Crippen LogP contribution in [0.4, 0.5) is 18.9 Å². The number of likely N-dealkylation sites (tertiary alicyclic amines) is 1. The molecule has 0 atom stereocenters. The third-order valence-electron chi connectivity index (χ3n) is 3.53. The van der Waals surface area contributed by atoms with E-state index < -0.39 is 12.1 Å². The van der Waals surface area contributed by atoms with Crippen molar-refractivity contribution < 1.29 is 22.7 Å². The van der Waals surface area contributed by atoms with Crippen LogP contribution in [0.25, 0.3) is 0 Å². The minimum atomic E-state index is -4.17. The van der Waals surface area contributed by atoms with Gasteiger partial charge in [-0.2, -0.15) is 13.2 Å². The van der Waals surface area contributed by atoms with Crippen molar-refractivity contribution in [3.63, 3.8) is 0 Å². The Labute approximate surface area is 120 Å². The number of rotatable bonds is 3. The highest BCUT2D eigenvalue weighted by Crippen LogP contribution is 2.34. The molecule has 1 heterocycles. The van der Waals surface area contributed by atoms with Crippen LogP contribution in [-0.2, 0) is 4.79 Å². The van der Waals surface area contributed by atoms with Gasteiger partial charge in [0.05, 0.1) is 5.92 Å². The van der Waals surface area contributed by atoms with Gasteiger partial charge in [-0.05, 0) is 25.0 Å². The van der Waals surface area contributed by atoms with Crippen LogP contribution in [0, 0.1) is 5.92 Å². The van der Waals surface area contributed by atoms with Crippen LogP contribution in [0.15, 0.2) is 24.3 Å². The quantitative estimate of drug-likeness (QED) is 0.873. The molecule has 0 spiro atoms. The maximum atomic E-state index is 12.5. The van der Waals surface area contributed by atoms with Crippen molar-refractivity contribution in [3.05, 3.63) is 24.3 Å². The van der Waals surface area contributed by atoms with Gasteiger partial charge in [-0.3, -0.25) is 4.79 Å². The first-order chi connectivity index (χ1) is 9.86. The lowest BCUT2D eigenvalue weighted by Gasteiger charge is -2.32. The Kier molecular flexibility index (Phi) is 4.59. The number of piperidine rings is 1. The fourth-order valence-electron chi connectivity index (χ4n) is 2.30. The van der Waals surface area contributed by atoms with Crippen molar-refractivity contribution in [3.8, 4) is 5.75 Å². The lowest BCUT2D eigenvalue weighted by molar-refractivity contribution is -0.186. The van der Waals surface area contributed by atoms with Gasteiger partial charge in [0.1, 0.15) is 5.75 Å². The van der Waals surface area contributed by atoms with E-state index in [2.05, 4.69) is 0 Å². The fraction of sp³-hybridized carbons (Fsp3) is 0.500. The Hall–Kier alpha value is -1.92. The van der Waals surface area contributed by atoms with E-state index in [1.807, 2.05) is 0 Å². The third-order valence-corrected chi connectivity index (χ3v) is 3.53. The standard InChI is InChI=1S/C14H17F3N2O2/c15-14(16,17)10-4-6-19(7-5-10)13(20)9-21-12-3-1-2-11(18)8-12/h1-3,8,10H,4-7,9,18H2. The molecular formula is C14H17F3N2O2. The molecule has 1 aliphatic heterocycles. The topological polar surface area (TPSA) is 55.6 Å². The molecule has 0 aromatic heterocycles. The maximum Gasteiger partial charge on any atom is 0.391 e. The predicted octanol–water partition coefficient (Wildman–Crippen LogP) is 2.45. The number of carbonyl (C=O) groups excluding carboxylic acids is 1. The Morgan fingerprint density at radius 1 is 1.33 bits per heavy atom. The second-order valence-corrected chi connectivity index (χ2v) is 5.06. The zero-order chi connectivity index (χ0) is 15.5. The molecule has 1 fully saturated rings. The van der Waals surface area contributed by atoms with Crippen LogP contribution in [0.2, 0.25) is 0 Å². The number of anilines is 1. The van der Waals surface area contributed by atoms with Crippen molar-refractivity contribution in [2.75, 3.05) is 25.4 Å². The highest BCUT2D eigenvalue weighted by atomic mass is 19.4. The first kappa shape index (κ1) is 15.5. The van der Waals surface area contributed by atoms with Crippen LogP contribution >= 0.6 is 0 Å². The van der Waals surface area contributed by atoms with Crippen LogP contribution < -0.4 is 10.5 Å². The summed E-state index contributed by atoms with van der Waals surface area (Å²) < 4.78 is 42.9. The van der Waals surface area contributed by atoms with Gasteiger partial charge in [-0.1, -0.05) is 6.07 Å². The van der Waals surface area contributed by atoms with E-state index in [0.29, 0.717) is 11.4 Å². The van der Waals surface area contributed by atoms with Crippen molar-refractivity contribution in [2.24, 2.45) is 5.92 Å². The number of nitrogens with zero attached hydrogens (tertiary/aromatic N) is 1. The van der Waals surface area contributed by atoms with Gasteiger partial charge in [0.25, 0.3) is 5.91 Å². The lowest BCUT2D eigenvalue weighted by Crippen LogP contribution is -2.43. The summed E-state index contributed by atoms with van der Waals surface area (Å²) in [6.45, 7) is 0.0345. The van der Waals surface area contributed by atoms with Gasteiger partial charge in [-0.15, -0.1) is 0 Å². The van der Waals surface area contributed by atoms with Crippen LogP contribution in [0.3, 0.4) is 0 Å². The number of nitrogen functional groups attached to an aromatic ring is 1. The van der Waals surface area contributed by atoms with Crippen LogP contribution in [0.1, 0.15) is 12.8 Å². The van der Waals surface area contributed by atoms with Gasteiger partial charge in [-0.25, -0.2) is 0 Å². The van der Waals surface area contributed by atoms with Gasteiger partial charge < -0.3 is 15.4 Å². The summed E-state index contributed by atoms with van der Waals surface area (Å²) in [7, 11) is 0. The third kappa shape index (κ3) is 4.27. The Balaban J connectivity index is 1.80. The molecule has 4 nitrogen and oxygen atoms in total. The van der Waals surface area contributed by atoms with Crippen molar-refractivity contribution in [2.45, 2.75) is 19.0 Å². The van der Waals surface area contributed by atoms with Gasteiger partial charge in [0.15, 0.2) is 6.61 Å². The van der Waals surface area contributed by atoms with E-state index in [1.54, 1.807) is 24.3 Å². The molecule has 0 unspecified atom stereocenters. The van der Waals surface area contributed by atoms with E-state index in [0.717, 1.165) is 0 Å². The largest absolute Gasteiger partial charge is 0.484 e. The molecule has 0 radical (unpaired) electrons. The summed E-state index contributed by atoms with van der Waals surface area (Å²) >= 11 is 0. The van der Waals surface area contributed by atoms with E-state index in [-0.39, 0.29) is 38.4 Å². The molecule has 2 N–H and O–H groups in total. The van der Waals surface area contributed by atoms with E-state index in [1.165, 1.54) is 4.90 Å². The lowest BCUT2D eigenvalue weighted by atomic mass is 9.96. The minimum absolute atomic E-state index is 0.0481. The van der Waals surface area contributed by atoms with Crippen molar-refractivity contribution >= 4 is 11.6 Å². The van der Waals surface area contributed by atoms with E-state index in [9.17, 15) is 18.0 Å². The number of amides is 1. The SMILES string of the molecule is Nc1cccc(OCC(=O)N2CCC(C(F)(F)F)CC2)c1. The Bertz CT molecular complexity index is 497. The maximum absolute atomic E-state index is 12.5. The fourth-order valence-corrected chi connectivity index (χ4v) is 2.30. The van der Waals surface area contributed by atoms with Crippen molar-refractivity contribution in [1.29, 1.82) is 0 Å². The van der Waals surface area contributed by atoms with Crippen molar-refractivity contribution in [1.82, 2.24) is 4.90 Å². The first-order valence-electron chi connectivity index (χ1n) is 6.69. The molecule has 0 bridgehead atoms. The number of hydrogen-bond donors (Lipinski definition) is 1. The molecule has 116 valence electrons. The molecule has 2 rings (SSSR count). The van der Waals surface area contributed by atoms with E-state index >= 15 is 0 Å². The average molecular weight is 302 g/mol. The molecule has 1 aliphatic rings. The van der Waals surface area contributed by atoms with E-state index in [4.69, 9.17) is 10.5 Å². The molecule has 7 heteroatoms. The first-order valence-corrected chi connectivity index (χ1v) is 6.69.